The minimum atomic E-state index is 0.292. The highest BCUT2D eigenvalue weighted by Crippen LogP contribution is 2.02. The summed E-state index contributed by atoms with van der Waals surface area (Å²) in [5.41, 5.74) is 1.13. The van der Waals surface area contributed by atoms with Crippen LogP contribution in [0.2, 0.25) is 0 Å². The summed E-state index contributed by atoms with van der Waals surface area (Å²) in [4.78, 5) is 4.01. The topological polar surface area (TPSA) is 33.1 Å². The van der Waals surface area contributed by atoms with Gasteiger partial charge in [0, 0.05) is 19.0 Å². The highest BCUT2D eigenvalue weighted by atomic mass is 16.2. The van der Waals surface area contributed by atoms with Crippen LogP contribution in [0.5, 0.6) is 0 Å². The van der Waals surface area contributed by atoms with E-state index in [9.17, 15) is 0 Å². The molecular weight excluding hydrogens is 162 g/mol. The van der Waals surface area contributed by atoms with Gasteiger partial charge >= 0.3 is 0 Å². The Bertz CT molecular complexity index is 244. The van der Waals surface area contributed by atoms with E-state index < -0.39 is 0 Å². The molecule has 13 heavy (non-hydrogen) atoms. The first-order chi connectivity index (χ1) is 6.43. The fraction of sp³-hybridized carbons (Fsp3) is 0.364. The summed E-state index contributed by atoms with van der Waals surface area (Å²) in [7, 11) is 0. The molecule has 0 aromatic carbocycles. The number of nitrogens with zero attached hydrogens (tertiary/aromatic N) is 1. The van der Waals surface area contributed by atoms with Crippen molar-refractivity contribution in [3.05, 3.63) is 36.2 Å². The van der Waals surface area contributed by atoms with Gasteiger partial charge < -0.3 is 5.11 Å². The molecule has 0 saturated carbocycles. The standard InChI is InChI=1S/C11H15NO/c13-9-4-2-1-3-6-11-7-5-8-12-10-11/h3,5-8,10,13H,1-2,4,9H2/b6-3+. The van der Waals surface area contributed by atoms with Gasteiger partial charge in [-0.1, -0.05) is 18.2 Å². The van der Waals surface area contributed by atoms with E-state index in [2.05, 4.69) is 17.1 Å². The van der Waals surface area contributed by atoms with Gasteiger partial charge in [-0.25, -0.2) is 0 Å². The van der Waals surface area contributed by atoms with Crippen LogP contribution < -0.4 is 0 Å². The molecule has 2 nitrogen and oxygen atoms in total. The number of unbranched alkanes of at least 4 members (excludes halogenated alkanes) is 2. The molecular formula is C11H15NO. The molecule has 0 saturated heterocycles. The van der Waals surface area contributed by atoms with Crippen LogP contribution in [0.4, 0.5) is 0 Å². The van der Waals surface area contributed by atoms with E-state index >= 15 is 0 Å². The highest BCUT2D eigenvalue weighted by Gasteiger charge is 1.84. The molecule has 0 amide bonds. The van der Waals surface area contributed by atoms with Crippen molar-refractivity contribution >= 4 is 6.08 Å². The third-order valence-electron chi connectivity index (χ3n) is 1.77. The first kappa shape index (κ1) is 9.93. The van der Waals surface area contributed by atoms with Gasteiger partial charge in [-0.05, 0) is 30.9 Å². The number of pyridine rings is 1. The highest BCUT2D eigenvalue weighted by molar-refractivity contribution is 5.46. The quantitative estimate of drug-likeness (QED) is 0.700. The van der Waals surface area contributed by atoms with Gasteiger partial charge in [0.2, 0.25) is 0 Å². The number of allylic oxidation sites excluding steroid dienone is 1. The van der Waals surface area contributed by atoms with Gasteiger partial charge in [-0.2, -0.15) is 0 Å². The summed E-state index contributed by atoms with van der Waals surface area (Å²) >= 11 is 0. The van der Waals surface area contributed by atoms with Crippen LogP contribution >= 0.6 is 0 Å². The molecule has 0 aliphatic carbocycles. The molecule has 0 spiro atoms. The van der Waals surface area contributed by atoms with Gasteiger partial charge in [-0.3, -0.25) is 4.98 Å². The van der Waals surface area contributed by atoms with E-state index in [0.717, 1.165) is 24.8 Å². The lowest BCUT2D eigenvalue weighted by atomic mass is 10.2. The summed E-state index contributed by atoms with van der Waals surface area (Å²) in [6.45, 7) is 0.292. The van der Waals surface area contributed by atoms with Crippen LogP contribution in [0.15, 0.2) is 30.6 Å². The Morgan fingerprint density at radius 1 is 1.38 bits per heavy atom. The third kappa shape index (κ3) is 4.43. The molecule has 2 heteroatoms. The Kier molecular flexibility index (Phi) is 4.87. The fourth-order valence-electron chi connectivity index (χ4n) is 1.07. The van der Waals surface area contributed by atoms with Gasteiger partial charge in [-0.15, -0.1) is 0 Å². The maximum Gasteiger partial charge on any atom is 0.0431 e. The zero-order valence-corrected chi connectivity index (χ0v) is 7.69. The summed E-state index contributed by atoms with van der Waals surface area (Å²) in [5.74, 6) is 0. The normalized spacial score (nSPS) is 10.8. The Morgan fingerprint density at radius 2 is 2.31 bits per heavy atom. The Balaban J connectivity index is 2.25. The number of hydrogen-bond donors (Lipinski definition) is 1. The number of aliphatic hydroxyl groups is 1. The maximum absolute atomic E-state index is 8.55. The second kappa shape index (κ2) is 6.38. The molecule has 1 heterocycles. The number of aliphatic hydroxyl groups excluding tert-OH is 1. The second-order valence-electron chi connectivity index (χ2n) is 2.91. The summed E-state index contributed by atoms with van der Waals surface area (Å²) in [6.07, 6.45) is 10.7. The largest absolute Gasteiger partial charge is 0.396 e. The van der Waals surface area contributed by atoms with Crippen molar-refractivity contribution in [3.63, 3.8) is 0 Å². The Hall–Kier alpha value is -1.15. The van der Waals surface area contributed by atoms with E-state index in [-0.39, 0.29) is 0 Å². The summed E-state index contributed by atoms with van der Waals surface area (Å²) in [6, 6.07) is 3.95. The van der Waals surface area contributed by atoms with Crippen LogP contribution in [0.25, 0.3) is 6.08 Å². The number of rotatable bonds is 5. The fourth-order valence-corrected chi connectivity index (χ4v) is 1.07. The lowest BCUT2D eigenvalue weighted by molar-refractivity contribution is 0.285. The molecule has 0 radical (unpaired) electrons. The Morgan fingerprint density at radius 3 is 3.00 bits per heavy atom. The van der Waals surface area contributed by atoms with Gasteiger partial charge in [0.05, 0.1) is 0 Å². The van der Waals surface area contributed by atoms with Crippen LogP contribution in [-0.2, 0) is 0 Å². The molecule has 1 N–H and O–H groups in total. The van der Waals surface area contributed by atoms with Crippen LogP contribution in [0, 0.1) is 0 Å². The molecule has 1 aromatic heterocycles. The molecule has 0 unspecified atom stereocenters. The molecule has 0 aliphatic heterocycles. The Labute approximate surface area is 78.9 Å². The number of aromatic nitrogens is 1. The van der Waals surface area contributed by atoms with Crippen molar-refractivity contribution in [2.24, 2.45) is 0 Å². The minimum Gasteiger partial charge on any atom is -0.396 e. The summed E-state index contributed by atoms with van der Waals surface area (Å²) in [5, 5.41) is 8.55. The SMILES string of the molecule is OCCCC/C=C/c1cccnc1. The average Bonchev–Trinajstić information content (AvgIpc) is 2.19. The molecule has 70 valence electrons. The van der Waals surface area contributed by atoms with Crippen LogP contribution in [-0.4, -0.2) is 16.7 Å². The minimum absolute atomic E-state index is 0.292. The first-order valence-electron chi connectivity index (χ1n) is 4.61. The molecule has 1 rings (SSSR count). The van der Waals surface area contributed by atoms with Gasteiger partial charge in [0.1, 0.15) is 0 Å². The molecule has 0 aliphatic rings. The molecule has 1 aromatic rings. The summed E-state index contributed by atoms with van der Waals surface area (Å²) < 4.78 is 0. The second-order valence-corrected chi connectivity index (χ2v) is 2.91. The van der Waals surface area contributed by atoms with E-state index in [1.807, 2.05) is 18.3 Å². The van der Waals surface area contributed by atoms with Gasteiger partial charge in [0.15, 0.2) is 0 Å². The number of hydrogen-bond acceptors (Lipinski definition) is 2. The van der Waals surface area contributed by atoms with E-state index in [0.29, 0.717) is 6.61 Å². The van der Waals surface area contributed by atoms with Gasteiger partial charge in [0.25, 0.3) is 0 Å². The van der Waals surface area contributed by atoms with Crippen molar-refractivity contribution in [1.82, 2.24) is 4.98 Å². The third-order valence-corrected chi connectivity index (χ3v) is 1.77. The maximum atomic E-state index is 8.55. The monoisotopic (exact) mass is 177 g/mol. The van der Waals surface area contributed by atoms with Crippen molar-refractivity contribution in [3.8, 4) is 0 Å². The van der Waals surface area contributed by atoms with Crippen molar-refractivity contribution in [2.75, 3.05) is 6.61 Å². The predicted molar refractivity (Wildman–Crippen MR) is 54.2 cm³/mol. The first-order valence-corrected chi connectivity index (χ1v) is 4.61. The lowest BCUT2D eigenvalue weighted by Crippen LogP contribution is -1.80. The average molecular weight is 177 g/mol. The van der Waals surface area contributed by atoms with E-state index in [1.165, 1.54) is 0 Å². The van der Waals surface area contributed by atoms with Crippen molar-refractivity contribution in [2.45, 2.75) is 19.3 Å². The lowest BCUT2D eigenvalue weighted by Gasteiger charge is -1.92. The molecule has 0 bridgehead atoms. The molecule has 0 atom stereocenters. The van der Waals surface area contributed by atoms with Crippen LogP contribution in [0.1, 0.15) is 24.8 Å². The molecule has 0 fully saturated rings. The van der Waals surface area contributed by atoms with Crippen LogP contribution in [0.3, 0.4) is 0 Å². The zero-order chi connectivity index (χ0) is 9.36. The smallest absolute Gasteiger partial charge is 0.0431 e. The predicted octanol–water partition coefficient (Wildman–Crippen LogP) is 2.26. The van der Waals surface area contributed by atoms with Crippen molar-refractivity contribution in [1.29, 1.82) is 0 Å². The van der Waals surface area contributed by atoms with E-state index in [4.69, 9.17) is 5.11 Å². The van der Waals surface area contributed by atoms with Crippen molar-refractivity contribution < 1.29 is 5.11 Å². The van der Waals surface area contributed by atoms with E-state index in [1.54, 1.807) is 6.20 Å². The zero-order valence-electron chi connectivity index (χ0n) is 7.69.